The minimum absolute atomic E-state index is 0.167. The van der Waals surface area contributed by atoms with Crippen molar-refractivity contribution < 1.29 is 22.8 Å². The molecule has 0 N–H and O–H groups in total. The molecule has 1 aliphatic rings. The standard InChI is InChI=1S/C23H25F3N2O2/c1-27(22(30)21-5-3-2-4-18(21)16-29)13-10-17-11-14-28(15-12-17)20-8-6-19(7-9-20)23(24,25)26/h2-9,16-17H,10-15H2,1H3. The fraction of sp³-hybridized carbons (Fsp3) is 0.391. The Morgan fingerprint density at radius 3 is 2.33 bits per heavy atom. The van der Waals surface area contributed by atoms with Gasteiger partial charge in [0.15, 0.2) is 6.29 Å². The Kier molecular flexibility index (Phi) is 6.80. The van der Waals surface area contributed by atoms with Gasteiger partial charge in [0.2, 0.25) is 0 Å². The van der Waals surface area contributed by atoms with E-state index in [9.17, 15) is 22.8 Å². The molecule has 4 nitrogen and oxygen atoms in total. The van der Waals surface area contributed by atoms with Crippen LogP contribution >= 0.6 is 0 Å². The minimum Gasteiger partial charge on any atom is -0.372 e. The van der Waals surface area contributed by atoms with Crippen LogP contribution < -0.4 is 4.90 Å². The molecule has 2 aromatic rings. The van der Waals surface area contributed by atoms with Crippen molar-refractivity contribution in [1.29, 1.82) is 0 Å². The van der Waals surface area contributed by atoms with E-state index in [-0.39, 0.29) is 5.91 Å². The van der Waals surface area contributed by atoms with Crippen molar-refractivity contribution in [3.63, 3.8) is 0 Å². The third kappa shape index (κ3) is 5.20. The van der Waals surface area contributed by atoms with Crippen LogP contribution in [0.2, 0.25) is 0 Å². The lowest BCUT2D eigenvalue weighted by molar-refractivity contribution is -0.137. The molecule has 2 aromatic carbocycles. The first kappa shape index (κ1) is 21.9. The number of anilines is 1. The van der Waals surface area contributed by atoms with E-state index < -0.39 is 11.7 Å². The Morgan fingerprint density at radius 1 is 1.10 bits per heavy atom. The smallest absolute Gasteiger partial charge is 0.372 e. The largest absolute Gasteiger partial charge is 0.416 e. The number of carbonyl (C=O) groups excluding carboxylic acids is 2. The Morgan fingerprint density at radius 2 is 1.73 bits per heavy atom. The SMILES string of the molecule is CN(CCC1CCN(c2ccc(C(F)(F)F)cc2)CC1)C(=O)c1ccccc1C=O. The van der Waals surface area contributed by atoms with Gasteiger partial charge in [-0.3, -0.25) is 9.59 Å². The predicted octanol–water partition coefficient (Wildman–Crippen LogP) is 4.90. The second kappa shape index (κ2) is 9.32. The monoisotopic (exact) mass is 418 g/mol. The summed E-state index contributed by atoms with van der Waals surface area (Å²) in [6, 6.07) is 12.1. The molecule has 1 amide bonds. The minimum atomic E-state index is -4.32. The highest BCUT2D eigenvalue weighted by Gasteiger charge is 2.30. The van der Waals surface area contributed by atoms with Gasteiger partial charge in [0.25, 0.3) is 5.91 Å². The summed E-state index contributed by atoms with van der Waals surface area (Å²) >= 11 is 0. The molecule has 0 unspecified atom stereocenters. The molecule has 0 aromatic heterocycles. The average molecular weight is 418 g/mol. The Hall–Kier alpha value is -2.83. The molecule has 0 saturated carbocycles. The van der Waals surface area contributed by atoms with Gasteiger partial charge in [-0.25, -0.2) is 0 Å². The third-order valence-corrected chi connectivity index (χ3v) is 5.71. The predicted molar refractivity (Wildman–Crippen MR) is 110 cm³/mol. The molecule has 1 fully saturated rings. The van der Waals surface area contributed by atoms with Crippen molar-refractivity contribution in [2.75, 3.05) is 31.6 Å². The second-order valence-corrected chi connectivity index (χ2v) is 7.70. The first-order chi connectivity index (χ1) is 14.3. The maximum absolute atomic E-state index is 12.7. The van der Waals surface area contributed by atoms with Crippen LogP contribution in [-0.4, -0.2) is 43.8 Å². The van der Waals surface area contributed by atoms with Gasteiger partial charge in [-0.1, -0.05) is 18.2 Å². The van der Waals surface area contributed by atoms with Crippen LogP contribution in [0.5, 0.6) is 0 Å². The zero-order chi connectivity index (χ0) is 21.7. The van der Waals surface area contributed by atoms with E-state index in [1.165, 1.54) is 12.1 Å². The van der Waals surface area contributed by atoms with E-state index >= 15 is 0 Å². The molecule has 1 saturated heterocycles. The molecule has 1 aliphatic heterocycles. The number of rotatable bonds is 6. The van der Waals surface area contributed by atoms with Gasteiger partial charge >= 0.3 is 6.18 Å². The van der Waals surface area contributed by atoms with Crippen LogP contribution in [0.4, 0.5) is 18.9 Å². The highest BCUT2D eigenvalue weighted by Crippen LogP contribution is 2.32. The molecule has 0 aliphatic carbocycles. The van der Waals surface area contributed by atoms with Crippen molar-refractivity contribution in [2.45, 2.75) is 25.4 Å². The maximum Gasteiger partial charge on any atom is 0.416 e. The van der Waals surface area contributed by atoms with Crippen molar-refractivity contribution in [1.82, 2.24) is 4.90 Å². The van der Waals surface area contributed by atoms with Gasteiger partial charge in [-0.15, -0.1) is 0 Å². The summed E-state index contributed by atoms with van der Waals surface area (Å²) in [4.78, 5) is 27.5. The van der Waals surface area contributed by atoms with E-state index in [0.717, 1.165) is 50.2 Å². The summed E-state index contributed by atoms with van der Waals surface area (Å²) < 4.78 is 38.1. The lowest BCUT2D eigenvalue weighted by Crippen LogP contribution is -2.35. The van der Waals surface area contributed by atoms with E-state index in [1.807, 2.05) is 0 Å². The van der Waals surface area contributed by atoms with Gasteiger partial charge < -0.3 is 9.80 Å². The number of hydrogen-bond donors (Lipinski definition) is 0. The first-order valence-corrected chi connectivity index (χ1v) is 10.0. The molecule has 3 rings (SSSR count). The van der Waals surface area contributed by atoms with E-state index in [1.54, 1.807) is 36.2 Å². The molecule has 0 radical (unpaired) electrons. The summed E-state index contributed by atoms with van der Waals surface area (Å²) in [7, 11) is 1.74. The van der Waals surface area contributed by atoms with Gasteiger partial charge in [-0.2, -0.15) is 13.2 Å². The summed E-state index contributed by atoms with van der Waals surface area (Å²) in [5.41, 5.74) is 0.968. The molecule has 0 atom stereocenters. The lowest BCUT2D eigenvalue weighted by atomic mass is 9.93. The summed E-state index contributed by atoms with van der Waals surface area (Å²) in [5, 5.41) is 0. The van der Waals surface area contributed by atoms with Crippen LogP contribution in [-0.2, 0) is 6.18 Å². The summed E-state index contributed by atoms with van der Waals surface area (Å²) in [6.07, 6.45) is -0.923. The van der Waals surface area contributed by atoms with Crippen LogP contribution in [0, 0.1) is 5.92 Å². The molecular formula is C23H25F3N2O2. The highest BCUT2D eigenvalue weighted by molar-refractivity contribution is 6.01. The Labute approximate surface area is 174 Å². The summed E-state index contributed by atoms with van der Waals surface area (Å²) in [5.74, 6) is 0.284. The number of nitrogens with zero attached hydrogens (tertiary/aromatic N) is 2. The van der Waals surface area contributed by atoms with Crippen molar-refractivity contribution in [3.05, 3.63) is 65.2 Å². The quantitative estimate of drug-likeness (QED) is 0.627. The van der Waals surface area contributed by atoms with E-state index in [2.05, 4.69) is 4.90 Å². The van der Waals surface area contributed by atoms with Gasteiger partial charge in [-0.05, 0) is 55.5 Å². The number of piperidine rings is 1. The average Bonchev–Trinajstić information content (AvgIpc) is 2.76. The molecule has 30 heavy (non-hydrogen) atoms. The summed E-state index contributed by atoms with van der Waals surface area (Å²) in [6.45, 7) is 2.15. The van der Waals surface area contributed by atoms with Crippen LogP contribution in [0.3, 0.4) is 0 Å². The number of amides is 1. The lowest BCUT2D eigenvalue weighted by Gasteiger charge is -2.34. The maximum atomic E-state index is 12.7. The van der Waals surface area contributed by atoms with Crippen LogP contribution in [0.1, 0.15) is 45.5 Å². The van der Waals surface area contributed by atoms with Crippen molar-refractivity contribution in [2.24, 2.45) is 5.92 Å². The van der Waals surface area contributed by atoms with Crippen LogP contribution in [0.25, 0.3) is 0 Å². The molecule has 0 spiro atoms. The van der Waals surface area contributed by atoms with E-state index in [0.29, 0.717) is 29.9 Å². The number of alkyl halides is 3. The number of benzene rings is 2. The fourth-order valence-corrected chi connectivity index (χ4v) is 3.82. The van der Waals surface area contributed by atoms with Gasteiger partial charge in [0.05, 0.1) is 11.1 Å². The molecule has 0 bridgehead atoms. The Bertz CT molecular complexity index is 873. The normalized spacial score (nSPS) is 15.1. The second-order valence-electron chi connectivity index (χ2n) is 7.70. The molecular weight excluding hydrogens is 393 g/mol. The zero-order valence-electron chi connectivity index (χ0n) is 16.9. The zero-order valence-corrected chi connectivity index (χ0v) is 16.9. The first-order valence-electron chi connectivity index (χ1n) is 10.0. The number of hydrogen-bond acceptors (Lipinski definition) is 3. The number of carbonyl (C=O) groups is 2. The van der Waals surface area contributed by atoms with Gasteiger partial charge in [0, 0.05) is 37.9 Å². The van der Waals surface area contributed by atoms with Crippen molar-refractivity contribution in [3.8, 4) is 0 Å². The van der Waals surface area contributed by atoms with Gasteiger partial charge in [0.1, 0.15) is 0 Å². The van der Waals surface area contributed by atoms with Crippen LogP contribution in [0.15, 0.2) is 48.5 Å². The number of aldehydes is 1. The molecule has 7 heteroatoms. The third-order valence-electron chi connectivity index (χ3n) is 5.71. The fourth-order valence-electron chi connectivity index (χ4n) is 3.82. The topological polar surface area (TPSA) is 40.6 Å². The number of halogens is 3. The molecule has 1 heterocycles. The molecule has 160 valence electrons. The van der Waals surface area contributed by atoms with E-state index in [4.69, 9.17) is 0 Å². The highest BCUT2D eigenvalue weighted by atomic mass is 19.4. The Balaban J connectivity index is 1.49. The van der Waals surface area contributed by atoms with Crippen molar-refractivity contribution >= 4 is 17.9 Å².